The lowest BCUT2D eigenvalue weighted by Gasteiger charge is -2.27. The van der Waals surface area contributed by atoms with Crippen LogP contribution in [0.5, 0.6) is 5.75 Å². The van der Waals surface area contributed by atoms with E-state index in [1.54, 1.807) is 7.11 Å². The first kappa shape index (κ1) is 17.9. The lowest BCUT2D eigenvalue weighted by atomic mass is 9.90. The summed E-state index contributed by atoms with van der Waals surface area (Å²) < 4.78 is 5.29. The molecule has 5 heteroatoms. The Morgan fingerprint density at radius 1 is 1.15 bits per heavy atom. The van der Waals surface area contributed by atoms with Crippen molar-refractivity contribution < 1.29 is 14.6 Å². The van der Waals surface area contributed by atoms with Crippen LogP contribution in [0.15, 0.2) is 48.5 Å². The van der Waals surface area contributed by atoms with Gasteiger partial charge in [0, 0.05) is 18.8 Å². The standard InChI is InChI=1S/C22H26N2O3/c1-15-6-8-19(9-7-15)23-21(25)24-13-16-11-22(26,12-17(16)14-24)18-4-3-5-20(10-18)27-2/h3-10,16-17,26H,11-14H2,1-2H3,(H,23,25)/t16-,17+,22?. The summed E-state index contributed by atoms with van der Waals surface area (Å²) in [5.74, 6) is 1.41. The molecule has 5 nitrogen and oxygen atoms in total. The average molecular weight is 366 g/mol. The molecule has 1 unspecified atom stereocenters. The quantitative estimate of drug-likeness (QED) is 0.869. The highest BCUT2D eigenvalue weighted by Gasteiger charge is 2.50. The highest BCUT2D eigenvalue weighted by atomic mass is 16.5. The molecule has 1 aliphatic heterocycles. The van der Waals surface area contributed by atoms with Crippen molar-refractivity contribution in [3.8, 4) is 5.75 Å². The summed E-state index contributed by atoms with van der Waals surface area (Å²) in [5.41, 5.74) is 2.06. The third-order valence-corrected chi connectivity index (χ3v) is 5.97. The molecule has 1 saturated carbocycles. The van der Waals surface area contributed by atoms with Crippen molar-refractivity contribution in [3.05, 3.63) is 59.7 Å². The first-order chi connectivity index (χ1) is 13.0. The van der Waals surface area contributed by atoms with Crippen LogP contribution in [0.1, 0.15) is 24.0 Å². The van der Waals surface area contributed by atoms with Crippen LogP contribution in [0, 0.1) is 18.8 Å². The number of hydrogen-bond acceptors (Lipinski definition) is 3. The summed E-state index contributed by atoms with van der Waals surface area (Å²) in [6, 6.07) is 15.5. The first-order valence-electron chi connectivity index (χ1n) is 9.46. The molecule has 4 rings (SSSR count). The summed E-state index contributed by atoms with van der Waals surface area (Å²) in [6.07, 6.45) is 1.36. The molecule has 1 heterocycles. The van der Waals surface area contributed by atoms with Crippen LogP contribution in [0.2, 0.25) is 0 Å². The van der Waals surface area contributed by atoms with Crippen LogP contribution in [0.3, 0.4) is 0 Å². The van der Waals surface area contributed by atoms with Crippen LogP contribution in [-0.4, -0.2) is 36.2 Å². The summed E-state index contributed by atoms with van der Waals surface area (Å²) in [6.45, 7) is 3.40. The average Bonchev–Trinajstić information content (AvgIpc) is 3.19. The Kier molecular flexibility index (Phi) is 4.56. The van der Waals surface area contributed by atoms with Gasteiger partial charge in [-0.1, -0.05) is 29.8 Å². The van der Waals surface area contributed by atoms with Gasteiger partial charge in [0.15, 0.2) is 0 Å². The minimum Gasteiger partial charge on any atom is -0.497 e. The number of anilines is 1. The van der Waals surface area contributed by atoms with Crippen LogP contribution in [0.4, 0.5) is 10.5 Å². The SMILES string of the molecule is COc1cccc(C2(O)C[C@H]3CN(C(=O)Nc4ccc(C)cc4)C[C@H]3C2)c1. The number of benzene rings is 2. The van der Waals surface area contributed by atoms with Gasteiger partial charge in [0.2, 0.25) is 0 Å². The molecule has 2 fully saturated rings. The van der Waals surface area contributed by atoms with Gasteiger partial charge in [0.1, 0.15) is 5.75 Å². The number of aliphatic hydroxyl groups is 1. The van der Waals surface area contributed by atoms with Gasteiger partial charge in [-0.2, -0.15) is 0 Å². The van der Waals surface area contributed by atoms with Crippen LogP contribution < -0.4 is 10.1 Å². The van der Waals surface area contributed by atoms with Crippen LogP contribution in [-0.2, 0) is 5.60 Å². The minimum atomic E-state index is -0.830. The number of likely N-dealkylation sites (tertiary alicyclic amines) is 1. The highest BCUT2D eigenvalue weighted by Crippen LogP contribution is 2.49. The van der Waals surface area contributed by atoms with E-state index >= 15 is 0 Å². The van der Waals surface area contributed by atoms with Gasteiger partial charge in [0.25, 0.3) is 0 Å². The second-order valence-corrected chi connectivity index (χ2v) is 7.89. The number of rotatable bonds is 3. The van der Waals surface area contributed by atoms with Gasteiger partial charge in [-0.05, 0) is 61.4 Å². The third-order valence-electron chi connectivity index (χ3n) is 5.97. The molecule has 2 N–H and O–H groups in total. The van der Waals surface area contributed by atoms with E-state index in [2.05, 4.69) is 5.32 Å². The van der Waals surface area contributed by atoms with Crippen molar-refractivity contribution >= 4 is 11.7 Å². The molecule has 0 bridgehead atoms. The molecule has 2 aromatic rings. The lowest BCUT2D eigenvalue weighted by molar-refractivity contribution is 0.0326. The predicted octanol–water partition coefficient (Wildman–Crippen LogP) is 3.77. The normalized spacial score (nSPS) is 26.7. The number of urea groups is 1. The maximum absolute atomic E-state index is 12.6. The number of carbonyl (C=O) groups is 1. The fourth-order valence-electron chi connectivity index (χ4n) is 4.51. The van der Waals surface area contributed by atoms with E-state index in [1.165, 1.54) is 5.56 Å². The third kappa shape index (κ3) is 3.52. The monoisotopic (exact) mass is 366 g/mol. The van der Waals surface area contributed by atoms with Gasteiger partial charge in [0.05, 0.1) is 12.7 Å². The van der Waals surface area contributed by atoms with Gasteiger partial charge in [-0.3, -0.25) is 0 Å². The summed E-state index contributed by atoms with van der Waals surface area (Å²) >= 11 is 0. The molecule has 1 aliphatic carbocycles. The van der Waals surface area contributed by atoms with Gasteiger partial charge < -0.3 is 20.1 Å². The number of nitrogens with zero attached hydrogens (tertiary/aromatic N) is 1. The first-order valence-corrected chi connectivity index (χ1v) is 9.46. The van der Waals surface area contributed by atoms with Crippen molar-refractivity contribution in [1.82, 2.24) is 4.90 Å². The number of amides is 2. The fraction of sp³-hybridized carbons (Fsp3) is 0.409. The highest BCUT2D eigenvalue weighted by molar-refractivity contribution is 5.89. The Morgan fingerprint density at radius 3 is 2.44 bits per heavy atom. The second-order valence-electron chi connectivity index (χ2n) is 7.89. The molecule has 2 aromatic carbocycles. The Balaban J connectivity index is 1.40. The maximum atomic E-state index is 12.6. The number of methoxy groups -OCH3 is 1. The molecular formula is C22H26N2O3. The van der Waals surface area contributed by atoms with Crippen molar-refractivity contribution in [2.24, 2.45) is 11.8 Å². The van der Waals surface area contributed by atoms with Crippen LogP contribution in [0.25, 0.3) is 0 Å². The number of carbonyl (C=O) groups excluding carboxylic acids is 1. The smallest absolute Gasteiger partial charge is 0.321 e. The van der Waals surface area contributed by atoms with Crippen molar-refractivity contribution in [1.29, 1.82) is 0 Å². The van der Waals surface area contributed by atoms with E-state index < -0.39 is 5.60 Å². The number of fused-ring (bicyclic) bond motifs is 1. The Morgan fingerprint density at radius 2 is 1.81 bits per heavy atom. The number of aryl methyl sites for hydroxylation is 1. The molecule has 142 valence electrons. The predicted molar refractivity (Wildman–Crippen MR) is 105 cm³/mol. The summed E-state index contributed by atoms with van der Waals surface area (Å²) in [5, 5.41) is 14.2. The zero-order chi connectivity index (χ0) is 19.0. The molecule has 0 spiro atoms. The summed E-state index contributed by atoms with van der Waals surface area (Å²) in [7, 11) is 1.64. The molecule has 3 atom stereocenters. The molecule has 0 radical (unpaired) electrons. The van der Waals surface area contributed by atoms with Crippen LogP contribution >= 0.6 is 0 Å². The van der Waals surface area contributed by atoms with Gasteiger partial charge in [-0.25, -0.2) is 4.79 Å². The zero-order valence-corrected chi connectivity index (χ0v) is 15.8. The largest absolute Gasteiger partial charge is 0.497 e. The van der Waals surface area contributed by atoms with Gasteiger partial charge in [-0.15, -0.1) is 0 Å². The molecule has 0 aromatic heterocycles. The molecule has 27 heavy (non-hydrogen) atoms. The number of hydrogen-bond donors (Lipinski definition) is 2. The summed E-state index contributed by atoms with van der Waals surface area (Å²) in [4.78, 5) is 14.5. The molecule has 2 amide bonds. The van der Waals surface area contributed by atoms with E-state index in [0.717, 1.165) is 17.0 Å². The fourth-order valence-corrected chi connectivity index (χ4v) is 4.51. The molecular weight excluding hydrogens is 340 g/mol. The second kappa shape index (κ2) is 6.89. The Labute approximate surface area is 160 Å². The number of nitrogens with one attached hydrogen (secondary N) is 1. The van der Waals surface area contributed by atoms with E-state index in [-0.39, 0.29) is 6.03 Å². The zero-order valence-electron chi connectivity index (χ0n) is 15.8. The number of ether oxygens (including phenoxy) is 1. The Hall–Kier alpha value is -2.53. The van der Waals surface area contributed by atoms with E-state index in [9.17, 15) is 9.90 Å². The van der Waals surface area contributed by atoms with E-state index in [4.69, 9.17) is 4.74 Å². The van der Waals surface area contributed by atoms with Gasteiger partial charge >= 0.3 is 6.03 Å². The van der Waals surface area contributed by atoms with E-state index in [0.29, 0.717) is 37.8 Å². The maximum Gasteiger partial charge on any atom is 0.321 e. The van der Waals surface area contributed by atoms with E-state index in [1.807, 2.05) is 60.4 Å². The Bertz CT molecular complexity index is 820. The molecule has 1 saturated heterocycles. The molecule has 2 aliphatic rings. The van der Waals surface area contributed by atoms with Crippen molar-refractivity contribution in [2.45, 2.75) is 25.4 Å². The minimum absolute atomic E-state index is 0.0572. The van der Waals surface area contributed by atoms with Crippen molar-refractivity contribution in [2.75, 3.05) is 25.5 Å². The van der Waals surface area contributed by atoms with Crippen molar-refractivity contribution in [3.63, 3.8) is 0 Å². The topological polar surface area (TPSA) is 61.8 Å². The lowest BCUT2D eigenvalue weighted by Crippen LogP contribution is -2.35.